The first-order chi connectivity index (χ1) is 9.70. The molecule has 0 aromatic rings. The zero-order chi connectivity index (χ0) is 14.4. The number of nitrogens with zero attached hydrogens (tertiary/aromatic N) is 2. The van der Waals surface area contributed by atoms with E-state index in [2.05, 4.69) is 36.1 Å². The molecule has 1 aliphatic heterocycles. The average Bonchev–Trinajstić information content (AvgIpc) is 2.47. The van der Waals surface area contributed by atoms with Crippen LogP contribution >= 0.6 is 0 Å². The number of piperidine rings is 1. The van der Waals surface area contributed by atoms with Gasteiger partial charge in [0, 0.05) is 25.2 Å². The number of likely N-dealkylation sites (N-methyl/N-ethyl adjacent to an activating group) is 3. The number of hydrogen-bond donors (Lipinski definition) is 1. The third kappa shape index (κ3) is 4.71. The van der Waals surface area contributed by atoms with Gasteiger partial charge in [0.1, 0.15) is 0 Å². The molecule has 1 N–H and O–H groups in total. The molecule has 3 nitrogen and oxygen atoms in total. The summed E-state index contributed by atoms with van der Waals surface area (Å²) in [5, 5.41) is 3.78. The number of nitrogens with one attached hydrogen (secondary N) is 1. The van der Waals surface area contributed by atoms with Crippen molar-refractivity contribution in [1.29, 1.82) is 0 Å². The fourth-order valence-corrected chi connectivity index (χ4v) is 4.14. The first-order valence-corrected chi connectivity index (χ1v) is 8.83. The van der Waals surface area contributed by atoms with Crippen LogP contribution in [0.5, 0.6) is 0 Å². The van der Waals surface area contributed by atoms with E-state index in [1.165, 1.54) is 64.6 Å². The molecular weight excluding hydrogens is 246 g/mol. The molecule has 1 aliphatic carbocycles. The molecule has 0 spiro atoms. The Bertz CT molecular complexity index is 263. The molecule has 3 heteroatoms. The van der Waals surface area contributed by atoms with Gasteiger partial charge in [0.2, 0.25) is 0 Å². The largest absolute Gasteiger partial charge is 0.313 e. The van der Waals surface area contributed by atoms with Gasteiger partial charge in [0.25, 0.3) is 0 Å². The maximum Gasteiger partial charge on any atom is 0.0223 e. The van der Waals surface area contributed by atoms with Crippen molar-refractivity contribution >= 4 is 0 Å². The fourth-order valence-electron chi connectivity index (χ4n) is 4.14. The molecule has 2 rings (SSSR count). The standard InChI is InChI=1S/C17H35N3/c1-4-18-17(15-9-6-5-7-10-15)14-20(3)16-11-8-12-19(2)13-16/h15-18H,4-14H2,1-3H3. The highest BCUT2D eigenvalue weighted by Crippen LogP contribution is 2.27. The molecule has 0 aromatic heterocycles. The van der Waals surface area contributed by atoms with Crippen molar-refractivity contribution in [3.63, 3.8) is 0 Å². The van der Waals surface area contributed by atoms with E-state index in [9.17, 15) is 0 Å². The highest BCUT2D eigenvalue weighted by atomic mass is 15.2. The lowest BCUT2D eigenvalue weighted by Crippen LogP contribution is -2.51. The first kappa shape index (κ1) is 16.3. The smallest absolute Gasteiger partial charge is 0.0223 e. The van der Waals surface area contributed by atoms with Gasteiger partial charge in [-0.15, -0.1) is 0 Å². The van der Waals surface area contributed by atoms with Crippen LogP contribution in [0.1, 0.15) is 51.9 Å². The van der Waals surface area contributed by atoms with Crippen molar-refractivity contribution in [1.82, 2.24) is 15.1 Å². The quantitative estimate of drug-likeness (QED) is 0.807. The third-order valence-electron chi connectivity index (χ3n) is 5.39. The van der Waals surface area contributed by atoms with E-state index in [1.807, 2.05) is 0 Å². The molecular formula is C17H35N3. The normalized spacial score (nSPS) is 27.9. The van der Waals surface area contributed by atoms with Gasteiger partial charge in [0.05, 0.1) is 0 Å². The molecule has 1 saturated heterocycles. The van der Waals surface area contributed by atoms with Gasteiger partial charge in [0.15, 0.2) is 0 Å². The summed E-state index contributed by atoms with van der Waals surface area (Å²) in [5.74, 6) is 0.910. The van der Waals surface area contributed by atoms with E-state index in [1.54, 1.807) is 0 Å². The number of likely N-dealkylation sites (tertiary alicyclic amines) is 1. The van der Waals surface area contributed by atoms with Gasteiger partial charge in [-0.2, -0.15) is 0 Å². The fraction of sp³-hybridized carbons (Fsp3) is 1.00. The van der Waals surface area contributed by atoms with Crippen LogP contribution in [0.15, 0.2) is 0 Å². The molecule has 0 radical (unpaired) electrons. The second-order valence-corrected chi connectivity index (χ2v) is 7.06. The summed E-state index contributed by atoms with van der Waals surface area (Å²) in [7, 11) is 4.61. The van der Waals surface area contributed by atoms with Crippen molar-refractivity contribution in [3.8, 4) is 0 Å². The summed E-state index contributed by atoms with van der Waals surface area (Å²) in [5.41, 5.74) is 0. The molecule has 1 saturated carbocycles. The topological polar surface area (TPSA) is 18.5 Å². The van der Waals surface area contributed by atoms with Gasteiger partial charge < -0.3 is 15.1 Å². The Morgan fingerprint density at radius 2 is 1.90 bits per heavy atom. The Balaban J connectivity index is 1.85. The van der Waals surface area contributed by atoms with Crippen LogP contribution in [-0.4, -0.2) is 62.2 Å². The van der Waals surface area contributed by atoms with E-state index in [4.69, 9.17) is 0 Å². The van der Waals surface area contributed by atoms with Gasteiger partial charge in [-0.05, 0) is 58.8 Å². The predicted molar refractivity (Wildman–Crippen MR) is 87.2 cm³/mol. The van der Waals surface area contributed by atoms with Crippen LogP contribution in [0.2, 0.25) is 0 Å². The molecule has 118 valence electrons. The van der Waals surface area contributed by atoms with Crippen LogP contribution in [0.3, 0.4) is 0 Å². The van der Waals surface area contributed by atoms with Crippen LogP contribution in [0.4, 0.5) is 0 Å². The van der Waals surface area contributed by atoms with Crippen molar-refractivity contribution < 1.29 is 0 Å². The van der Waals surface area contributed by atoms with Crippen LogP contribution < -0.4 is 5.32 Å². The Kier molecular flexibility index (Phi) is 6.79. The Morgan fingerprint density at radius 3 is 2.55 bits per heavy atom. The molecule has 20 heavy (non-hydrogen) atoms. The lowest BCUT2D eigenvalue weighted by Gasteiger charge is -2.40. The molecule has 2 atom stereocenters. The van der Waals surface area contributed by atoms with E-state index >= 15 is 0 Å². The second kappa shape index (κ2) is 8.35. The predicted octanol–water partition coefficient (Wildman–Crippen LogP) is 2.57. The molecule has 2 aliphatic rings. The van der Waals surface area contributed by atoms with Crippen LogP contribution in [0, 0.1) is 5.92 Å². The minimum Gasteiger partial charge on any atom is -0.313 e. The number of rotatable bonds is 6. The highest BCUT2D eigenvalue weighted by Gasteiger charge is 2.27. The average molecular weight is 281 g/mol. The monoisotopic (exact) mass is 281 g/mol. The summed E-state index contributed by atoms with van der Waals surface area (Å²) < 4.78 is 0. The number of hydrogen-bond acceptors (Lipinski definition) is 3. The second-order valence-electron chi connectivity index (χ2n) is 7.06. The van der Waals surface area contributed by atoms with Gasteiger partial charge in [-0.25, -0.2) is 0 Å². The van der Waals surface area contributed by atoms with Crippen molar-refractivity contribution in [2.45, 2.75) is 64.0 Å². The Labute approximate surface area is 126 Å². The van der Waals surface area contributed by atoms with Gasteiger partial charge in [-0.3, -0.25) is 0 Å². The first-order valence-electron chi connectivity index (χ1n) is 8.83. The molecule has 2 unspecified atom stereocenters. The maximum absolute atomic E-state index is 3.78. The van der Waals surface area contributed by atoms with Crippen molar-refractivity contribution in [2.24, 2.45) is 5.92 Å². The summed E-state index contributed by atoms with van der Waals surface area (Å²) in [6.07, 6.45) is 9.97. The zero-order valence-electron chi connectivity index (χ0n) is 13.9. The third-order valence-corrected chi connectivity index (χ3v) is 5.39. The maximum atomic E-state index is 3.78. The van der Waals surface area contributed by atoms with Crippen molar-refractivity contribution in [2.75, 3.05) is 40.3 Å². The van der Waals surface area contributed by atoms with Crippen LogP contribution in [-0.2, 0) is 0 Å². The molecule has 0 amide bonds. The molecule has 0 bridgehead atoms. The van der Waals surface area contributed by atoms with Crippen molar-refractivity contribution in [3.05, 3.63) is 0 Å². The molecule has 2 fully saturated rings. The Hall–Kier alpha value is -0.120. The van der Waals surface area contributed by atoms with E-state index in [0.29, 0.717) is 6.04 Å². The van der Waals surface area contributed by atoms with Crippen LogP contribution in [0.25, 0.3) is 0 Å². The lowest BCUT2D eigenvalue weighted by atomic mass is 9.83. The van der Waals surface area contributed by atoms with Gasteiger partial charge >= 0.3 is 0 Å². The van der Waals surface area contributed by atoms with Gasteiger partial charge in [-0.1, -0.05) is 26.2 Å². The lowest BCUT2D eigenvalue weighted by molar-refractivity contribution is 0.110. The van der Waals surface area contributed by atoms with E-state index < -0.39 is 0 Å². The van der Waals surface area contributed by atoms with E-state index in [-0.39, 0.29) is 0 Å². The minimum absolute atomic E-state index is 0.706. The summed E-state index contributed by atoms with van der Waals surface area (Å²) in [4.78, 5) is 5.13. The zero-order valence-corrected chi connectivity index (χ0v) is 13.9. The van der Waals surface area contributed by atoms with E-state index in [0.717, 1.165) is 18.5 Å². The summed E-state index contributed by atoms with van der Waals surface area (Å²) >= 11 is 0. The SMILES string of the molecule is CCNC(CN(C)C1CCCN(C)C1)C1CCCCC1. The highest BCUT2D eigenvalue weighted by molar-refractivity contribution is 4.85. The Morgan fingerprint density at radius 1 is 1.15 bits per heavy atom. The summed E-state index contributed by atoms with van der Waals surface area (Å²) in [6.45, 7) is 7.13. The molecule has 1 heterocycles. The minimum atomic E-state index is 0.706. The molecule has 0 aromatic carbocycles. The summed E-state index contributed by atoms with van der Waals surface area (Å²) in [6, 6.07) is 1.47.